The molecule has 0 bridgehead atoms. The fourth-order valence-electron chi connectivity index (χ4n) is 4.10. The monoisotopic (exact) mass is 571 g/mol. The number of nitrogens with one attached hydrogen (secondary N) is 1. The zero-order valence-electron chi connectivity index (χ0n) is 25.9. The van der Waals surface area contributed by atoms with Gasteiger partial charge in [0.05, 0.1) is 0 Å². The molecule has 6 heteroatoms. The maximum absolute atomic E-state index is 12.5. The van der Waals surface area contributed by atoms with E-state index in [1.54, 1.807) is 0 Å². The molecule has 0 spiro atoms. The average molecular weight is 572 g/mol. The van der Waals surface area contributed by atoms with Crippen LogP contribution in [-0.2, 0) is 19.1 Å². The number of carboxylic acid groups (broad SMARTS) is 1. The number of unbranched alkanes of at least 4 members (excludes halogenated alkanes) is 8. The molecule has 1 unspecified atom stereocenters. The molecule has 0 radical (unpaired) electrons. The van der Waals surface area contributed by atoms with E-state index in [-0.39, 0.29) is 30.9 Å². The number of carboxylic acids is 1. The molecule has 1 atom stereocenters. The summed E-state index contributed by atoms with van der Waals surface area (Å²) in [5, 5.41) is 11.0. The standard InChI is InChI=1S/C35H57NO5/c1-3-5-7-9-11-13-14-15-16-17-18-19-21-23-27-32(28-25-26-29-33(37)36-31-34(38)39)41-35(40)30-24-22-20-12-10-8-6-4-2/h5,7,11,13,15-16,18-19,23,27,32H,3-4,6,8-10,12,14,17,20-22,24-26,28-31H2,1-2H3,(H,36,37)(H,38,39)/b7-5-,13-11-,16-15-,19-18-,27-23-. The van der Waals surface area contributed by atoms with Crippen molar-refractivity contribution < 1.29 is 24.2 Å². The molecule has 0 saturated heterocycles. The first-order chi connectivity index (χ1) is 20.0. The number of carbonyl (C=O) groups excluding carboxylic acids is 2. The quantitative estimate of drug-likeness (QED) is 0.0583. The topological polar surface area (TPSA) is 92.7 Å². The molecule has 0 rings (SSSR count). The van der Waals surface area contributed by atoms with Crippen molar-refractivity contribution in [2.24, 2.45) is 0 Å². The van der Waals surface area contributed by atoms with E-state index in [2.05, 4.69) is 67.8 Å². The first-order valence-corrected chi connectivity index (χ1v) is 15.9. The van der Waals surface area contributed by atoms with Crippen LogP contribution in [0.4, 0.5) is 0 Å². The van der Waals surface area contributed by atoms with E-state index >= 15 is 0 Å². The highest BCUT2D eigenvalue weighted by Gasteiger charge is 2.12. The van der Waals surface area contributed by atoms with Crippen molar-refractivity contribution in [3.8, 4) is 0 Å². The van der Waals surface area contributed by atoms with E-state index in [0.717, 1.165) is 44.9 Å². The van der Waals surface area contributed by atoms with Gasteiger partial charge in [-0.15, -0.1) is 0 Å². The van der Waals surface area contributed by atoms with Gasteiger partial charge in [0, 0.05) is 12.8 Å². The zero-order chi connectivity index (χ0) is 30.2. The van der Waals surface area contributed by atoms with E-state index in [9.17, 15) is 14.4 Å². The van der Waals surface area contributed by atoms with Gasteiger partial charge in [0.2, 0.25) is 5.91 Å². The highest BCUT2D eigenvalue weighted by atomic mass is 16.5. The second-order valence-electron chi connectivity index (χ2n) is 10.3. The summed E-state index contributed by atoms with van der Waals surface area (Å²) in [5.74, 6) is -1.49. The summed E-state index contributed by atoms with van der Waals surface area (Å²) in [6, 6.07) is 0. The van der Waals surface area contributed by atoms with Crippen LogP contribution in [0.1, 0.15) is 129 Å². The van der Waals surface area contributed by atoms with E-state index in [1.807, 2.05) is 12.2 Å². The third-order valence-electron chi connectivity index (χ3n) is 6.44. The zero-order valence-corrected chi connectivity index (χ0v) is 25.9. The lowest BCUT2D eigenvalue weighted by Crippen LogP contribution is -2.28. The smallest absolute Gasteiger partial charge is 0.322 e. The highest BCUT2D eigenvalue weighted by Crippen LogP contribution is 2.13. The number of hydrogen-bond acceptors (Lipinski definition) is 4. The Labute approximate surface area is 250 Å². The Morgan fingerprint density at radius 2 is 1.17 bits per heavy atom. The van der Waals surface area contributed by atoms with E-state index in [0.29, 0.717) is 25.7 Å². The Hall–Kier alpha value is -2.89. The minimum absolute atomic E-state index is 0.166. The van der Waals surface area contributed by atoms with Gasteiger partial charge in [-0.25, -0.2) is 0 Å². The summed E-state index contributed by atoms with van der Waals surface area (Å²) in [7, 11) is 0. The number of allylic oxidation sites excluding steroid dienone is 9. The van der Waals surface area contributed by atoms with Gasteiger partial charge < -0.3 is 15.2 Å². The summed E-state index contributed by atoms with van der Waals surface area (Å²) in [4.78, 5) is 34.8. The molecule has 6 nitrogen and oxygen atoms in total. The molecule has 0 aliphatic carbocycles. The van der Waals surface area contributed by atoms with Crippen molar-refractivity contribution in [1.82, 2.24) is 5.32 Å². The number of carbonyl (C=O) groups is 3. The lowest BCUT2D eigenvalue weighted by molar-refractivity contribution is -0.147. The third kappa shape index (κ3) is 29.9. The normalized spacial score (nSPS) is 12.8. The number of esters is 1. The van der Waals surface area contributed by atoms with Gasteiger partial charge in [-0.3, -0.25) is 14.4 Å². The molecule has 0 aromatic heterocycles. The first kappa shape index (κ1) is 38.1. The Morgan fingerprint density at radius 3 is 1.73 bits per heavy atom. The Balaban J connectivity index is 4.45. The van der Waals surface area contributed by atoms with E-state index < -0.39 is 5.97 Å². The Kier molecular flexibility index (Phi) is 28.0. The van der Waals surface area contributed by atoms with Crippen molar-refractivity contribution in [2.45, 2.75) is 136 Å². The van der Waals surface area contributed by atoms with Gasteiger partial charge in [-0.2, -0.15) is 0 Å². The molecule has 0 aromatic rings. The number of aliphatic carboxylic acids is 1. The molecule has 0 aliphatic heterocycles. The van der Waals surface area contributed by atoms with Crippen LogP contribution in [-0.4, -0.2) is 35.6 Å². The Morgan fingerprint density at radius 1 is 0.659 bits per heavy atom. The number of hydrogen-bond donors (Lipinski definition) is 2. The molecule has 232 valence electrons. The summed E-state index contributed by atoms with van der Waals surface area (Å²) < 4.78 is 5.76. The largest absolute Gasteiger partial charge is 0.480 e. The maximum Gasteiger partial charge on any atom is 0.322 e. The van der Waals surface area contributed by atoms with Crippen LogP contribution in [0.3, 0.4) is 0 Å². The van der Waals surface area contributed by atoms with Crippen LogP contribution >= 0.6 is 0 Å². The first-order valence-electron chi connectivity index (χ1n) is 15.9. The lowest BCUT2D eigenvalue weighted by Gasteiger charge is -2.14. The second-order valence-corrected chi connectivity index (χ2v) is 10.3. The van der Waals surface area contributed by atoms with Crippen molar-refractivity contribution in [1.29, 1.82) is 0 Å². The number of rotatable bonds is 27. The Bertz CT molecular complexity index is 809. The fourth-order valence-corrected chi connectivity index (χ4v) is 4.10. The minimum atomic E-state index is -1.06. The summed E-state index contributed by atoms with van der Waals surface area (Å²) in [5.41, 5.74) is 0. The van der Waals surface area contributed by atoms with E-state index in [4.69, 9.17) is 9.84 Å². The summed E-state index contributed by atoms with van der Waals surface area (Å²) in [6.45, 7) is 3.99. The van der Waals surface area contributed by atoms with Crippen molar-refractivity contribution >= 4 is 17.8 Å². The molecular weight excluding hydrogens is 514 g/mol. The molecule has 1 amide bonds. The SMILES string of the molecule is CC/C=C\C/C=C\C/C=C\C/C=C\C/C=C\C(CCCCC(=O)NCC(=O)O)OC(=O)CCCCCCCCCC. The fraction of sp³-hybridized carbons (Fsp3) is 0.629. The predicted molar refractivity (Wildman–Crippen MR) is 171 cm³/mol. The van der Waals surface area contributed by atoms with Crippen LogP contribution in [0.2, 0.25) is 0 Å². The minimum Gasteiger partial charge on any atom is -0.480 e. The van der Waals surface area contributed by atoms with Crippen molar-refractivity contribution in [3.05, 3.63) is 60.8 Å². The van der Waals surface area contributed by atoms with Gasteiger partial charge in [0.25, 0.3) is 0 Å². The predicted octanol–water partition coefficient (Wildman–Crippen LogP) is 8.94. The van der Waals surface area contributed by atoms with Crippen LogP contribution in [0.15, 0.2) is 60.8 Å². The summed E-state index contributed by atoms with van der Waals surface area (Å²) in [6.07, 6.45) is 37.7. The molecule has 0 aromatic carbocycles. The molecular formula is C35H57NO5. The van der Waals surface area contributed by atoms with E-state index in [1.165, 1.54) is 38.5 Å². The second kappa shape index (κ2) is 30.1. The van der Waals surface area contributed by atoms with Crippen LogP contribution in [0.25, 0.3) is 0 Å². The molecule has 2 N–H and O–H groups in total. The van der Waals surface area contributed by atoms with Gasteiger partial charge in [-0.1, -0.05) is 113 Å². The number of ether oxygens (including phenoxy) is 1. The van der Waals surface area contributed by atoms with Crippen molar-refractivity contribution in [2.75, 3.05) is 6.54 Å². The van der Waals surface area contributed by atoms with Crippen molar-refractivity contribution in [3.63, 3.8) is 0 Å². The number of amides is 1. The summed E-state index contributed by atoms with van der Waals surface area (Å²) >= 11 is 0. The molecule has 0 fully saturated rings. The maximum atomic E-state index is 12.5. The van der Waals surface area contributed by atoms with Gasteiger partial charge in [-0.05, 0) is 63.9 Å². The molecule has 0 saturated carbocycles. The van der Waals surface area contributed by atoms with Crippen LogP contribution in [0.5, 0.6) is 0 Å². The van der Waals surface area contributed by atoms with Gasteiger partial charge in [0.15, 0.2) is 0 Å². The van der Waals surface area contributed by atoms with Crippen LogP contribution in [0, 0.1) is 0 Å². The van der Waals surface area contributed by atoms with Gasteiger partial charge in [0.1, 0.15) is 12.6 Å². The lowest BCUT2D eigenvalue weighted by atomic mass is 10.1. The molecule has 0 aliphatic rings. The third-order valence-corrected chi connectivity index (χ3v) is 6.44. The van der Waals surface area contributed by atoms with Gasteiger partial charge >= 0.3 is 11.9 Å². The molecule has 0 heterocycles. The highest BCUT2D eigenvalue weighted by molar-refractivity contribution is 5.80. The average Bonchev–Trinajstić information content (AvgIpc) is 2.95. The molecule has 41 heavy (non-hydrogen) atoms. The van der Waals surface area contributed by atoms with Crippen LogP contribution < -0.4 is 5.32 Å².